The maximum absolute atomic E-state index is 13.4. The summed E-state index contributed by atoms with van der Waals surface area (Å²) in [5.74, 6) is -1.11. The highest BCUT2D eigenvalue weighted by molar-refractivity contribution is 9.11. The van der Waals surface area contributed by atoms with Crippen molar-refractivity contribution < 1.29 is 17.6 Å². The van der Waals surface area contributed by atoms with Crippen LogP contribution in [0.4, 0.5) is 4.39 Å². The van der Waals surface area contributed by atoms with Crippen molar-refractivity contribution in [2.75, 3.05) is 13.1 Å². The Balaban J connectivity index is 1.76. The molecule has 1 aromatic heterocycles. The number of sulfonamides is 1. The zero-order valence-corrected chi connectivity index (χ0v) is 15.1. The maximum Gasteiger partial charge on any atom is 0.254 e. The standard InChI is InChI=1S/C14H14BrFN2O3S2/c15-12-6-7-13(22-12)23(20,21)18-9-3-8-17-14(19)10-4-1-2-5-11(10)16/h1-2,4-7,18H,3,8-9H2,(H,17,19). The number of rotatable bonds is 7. The first kappa shape index (κ1) is 18.1. The molecule has 9 heteroatoms. The average molecular weight is 421 g/mol. The van der Waals surface area contributed by atoms with Gasteiger partial charge in [-0.15, -0.1) is 11.3 Å². The van der Waals surface area contributed by atoms with Crippen molar-refractivity contribution in [3.8, 4) is 0 Å². The molecule has 2 rings (SSSR count). The molecule has 1 aromatic carbocycles. The second-order valence-corrected chi connectivity index (χ2v) is 9.00. The van der Waals surface area contributed by atoms with E-state index >= 15 is 0 Å². The van der Waals surface area contributed by atoms with Gasteiger partial charge in [-0.05, 0) is 46.6 Å². The number of halogens is 2. The van der Waals surface area contributed by atoms with E-state index in [4.69, 9.17) is 0 Å². The summed E-state index contributed by atoms with van der Waals surface area (Å²) in [5.41, 5.74) is -0.0310. The lowest BCUT2D eigenvalue weighted by molar-refractivity contribution is 0.0949. The summed E-state index contributed by atoms with van der Waals surface area (Å²) in [5, 5.41) is 2.55. The van der Waals surface area contributed by atoms with Gasteiger partial charge in [0, 0.05) is 13.1 Å². The predicted molar refractivity (Wildman–Crippen MR) is 90.6 cm³/mol. The number of carbonyl (C=O) groups is 1. The maximum atomic E-state index is 13.4. The van der Waals surface area contributed by atoms with E-state index in [2.05, 4.69) is 26.0 Å². The van der Waals surface area contributed by atoms with Gasteiger partial charge in [-0.1, -0.05) is 12.1 Å². The van der Waals surface area contributed by atoms with Gasteiger partial charge in [0.15, 0.2) is 0 Å². The Hall–Kier alpha value is -1.29. The van der Waals surface area contributed by atoms with Gasteiger partial charge in [-0.2, -0.15) is 0 Å². The van der Waals surface area contributed by atoms with Crippen LogP contribution in [0.5, 0.6) is 0 Å². The van der Waals surface area contributed by atoms with Crippen molar-refractivity contribution in [1.82, 2.24) is 10.0 Å². The van der Waals surface area contributed by atoms with E-state index in [9.17, 15) is 17.6 Å². The molecule has 0 saturated heterocycles. The fourth-order valence-corrected chi connectivity index (χ4v) is 4.88. The average Bonchev–Trinajstić information content (AvgIpc) is 2.94. The summed E-state index contributed by atoms with van der Waals surface area (Å²) in [6.45, 7) is 0.416. The highest BCUT2D eigenvalue weighted by Gasteiger charge is 2.15. The van der Waals surface area contributed by atoms with Crippen LogP contribution in [0.15, 0.2) is 44.4 Å². The van der Waals surface area contributed by atoms with Crippen LogP contribution in [0.25, 0.3) is 0 Å². The van der Waals surface area contributed by atoms with Gasteiger partial charge in [-0.3, -0.25) is 4.79 Å². The predicted octanol–water partition coefficient (Wildman–Crippen LogP) is 2.75. The summed E-state index contributed by atoms with van der Waals surface area (Å²) in [7, 11) is -3.53. The Labute approximate surface area is 146 Å². The Kier molecular flexibility index (Phi) is 6.28. The van der Waals surface area contributed by atoms with Crippen molar-refractivity contribution in [3.05, 3.63) is 51.6 Å². The van der Waals surface area contributed by atoms with E-state index in [1.165, 1.54) is 24.3 Å². The zero-order valence-electron chi connectivity index (χ0n) is 11.9. The molecule has 0 aliphatic rings. The Morgan fingerprint density at radius 2 is 1.91 bits per heavy atom. The van der Waals surface area contributed by atoms with Gasteiger partial charge in [0.05, 0.1) is 9.35 Å². The van der Waals surface area contributed by atoms with Gasteiger partial charge in [0.1, 0.15) is 10.0 Å². The molecule has 0 bridgehead atoms. The quantitative estimate of drug-likeness (QED) is 0.676. The second kappa shape index (κ2) is 8.00. The van der Waals surface area contributed by atoms with E-state index < -0.39 is 21.7 Å². The third kappa shape index (κ3) is 5.10. The van der Waals surface area contributed by atoms with E-state index in [-0.39, 0.29) is 22.9 Å². The molecule has 0 saturated carbocycles. The van der Waals surface area contributed by atoms with E-state index in [1.54, 1.807) is 12.1 Å². The molecule has 2 N–H and O–H groups in total. The molecule has 0 spiro atoms. The van der Waals surface area contributed by atoms with Crippen molar-refractivity contribution in [1.29, 1.82) is 0 Å². The van der Waals surface area contributed by atoms with Crippen LogP contribution in [0, 0.1) is 5.82 Å². The van der Waals surface area contributed by atoms with Crippen LogP contribution in [-0.2, 0) is 10.0 Å². The molecule has 0 atom stereocenters. The van der Waals surface area contributed by atoms with Crippen LogP contribution >= 0.6 is 27.3 Å². The Morgan fingerprint density at radius 3 is 2.57 bits per heavy atom. The van der Waals surface area contributed by atoms with E-state index in [0.29, 0.717) is 6.42 Å². The van der Waals surface area contributed by atoms with Gasteiger partial charge in [0.2, 0.25) is 10.0 Å². The Bertz CT molecular complexity index is 793. The number of hydrogen-bond donors (Lipinski definition) is 2. The van der Waals surface area contributed by atoms with Crippen LogP contribution in [0.1, 0.15) is 16.8 Å². The SMILES string of the molecule is O=C(NCCCNS(=O)(=O)c1ccc(Br)s1)c1ccccc1F. The van der Waals surface area contributed by atoms with Crippen LogP contribution in [0.3, 0.4) is 0 Å². The molecule has 23 heavy (non-hydrogen) atoms. The molecular formula is C14H14BrFN2O3S2. The summed E-state index contributed by atoms with van der Waals surface area (Å²) in [6.07, 6.45) is 0.395. The van der Waals surface area contributed by atoms with Gasteiger partial charge in [0.25, 0.3) is 5.91 Å². The van der Waals surface area contributed by atoms with Crippen LogP contribution in [0.2, 0.25) is 0 Å². The minimum Gasteiger partial charge on any atom is -0.352 e. The lowest BCUT2D eigenvalue weighted by atomic mass is 10.2. The first-order valence-corrected chi connectivity index (χ1v) is 9.77. The Morgan fingerprint density at radius 1 is 1.17 bits per heavy atom. The highest BCUT2D eigenvalue weighted by Crippen LogP contribution is 2.25. The molecule has 0 fully saturated rings. The number of benzene rings is 1. The summed E-state index contributed by atoms with van der Waals surface area (Å²) >= 11 is 4.33. The minimum absolute atomic E-state index is 0.0310. The van der Waals surface area contributed by atoms with Gasteiger partial charge in [-0.25, -0.2) is 17.5 Å². The van der Waals surface area contributed by atoms with Crippen molar-refractivity contribution in [3.63, 3.8) is 0 Å². The van der Waals surface area contributed by atoms with E-state index in [0.717, 1.165) is 15.1 Å². The topological polar surface area (TPSA) is 75.3 Å². The third-order valence-electron chi connectivity index (χ3n) is 2.86. The first-order valence-electron chi connectivity index (χ1n) is 6.68. The van der Waals surface area contributed by atoms with Crippen molar-refractivity contribution >= 4 is 43.2 Å². The third-order valence-corrected chi connectivity index (χ3v) is 6.44. The molecular weight excluding hydrogens is 407 g/mol. The molecule has 2 aromatic rings. The number of carbonyl (C=O) groups excluding carboxylic acids is 1. The number of hydrogen-bond acceptors (Lipinski definition) is 4. The van der Waals surface area contributed by atoms with E-state index in [1.807, 2.05) is 0 Å². The molecule has 0 radical (unpaired) electrons. The second-order valence-electron chi connectivity index (χ2n) is 4.55. The number of thiophene rings is 1. The molecule has 1 amide bonds. The minimum atomic E-state index is -3.53. The smallest absolute Gasteiger partial charge is 0.254 e. The van der Waals surface area contributed by atoms with Crippen LogP contribution < -0.4 is 10.0 Å². The fraction of sp³-hybridized carbons (Fsp3) is 0.214. The van der Waals surface area contributed by atoms with Gasteiger partial charge < -0.3 is 5.32 Å². The highest BCUT2D eigenvalue weighted by atomic mass is 79.9. The number of amides is 1. The largest absolute Gasteiger partial charge is 0.352 e. The van der Waals surface area contributed by atoms with Crippen LogP contribution in [-0.4, -0.2) is 27.4 Å². The van der Waals surface area contributed by atoms with Crippen molar-refractivity contribution in [2.24, 2.45) is 0 Å². The molecule has 0 aliphatic heterocycles. The molecule has 124 valence electrons. The zero-order chi connectivity index (χ0) is 16.9. The molecule has 5 nitrogen and oxygen atoms in total. The first-order chi connectivity index (χ1) is 10.9. The summed E-state index contributed by atoms with van der Waals surface area (Å²) in [4.78, 5) is 11.8. The number of nitrogens with one attached hydrogen (secondary N) is 2. The fourth-order valence-electron chi connectivity index (χ4n) is 1.75. The molecule has 0 aliphatic carbocycles. The monoisotopic (exact) mass is 420 g/mol. The lowest BCUT2D eigenvalue weighted by Crippen LogP contribution is -2.30. The molecule has 1 heterocycles. The van der Waals surface area contributed by atoms with Gasteiger partial charge >= 0.3 is 0 Å². The normalized spacial score (nSPS) is 11.4. The van der Waals surface area contributed by atoms with Crippen molar-refractivity contribution in [2.45, 2.75) is 10.6 Å². The lowest BCUT2D eigenvalue weighted by Gasteiger charge is -2.07. The summed E-state index contributed by atoms with van der Waals surface area (Å²) in [6, 6.07) is 8.85. The molecule has 0 unspecified atom stereocenters. The summed E-state index contributed by atoms with van der Waals surface area (Å²) < 4.78 is 40.7.